The molecule has 0 fully saturated rings. The van der Waals surface area contributed by atoms with Crippen LogP contribution in [0.3, 0.4) is 0 Å². The van der Waals surface area contributed by atoms with Crippen molar-refractivity contribution in [1.29, 1.82) is 0 Å². The zero-order valence-electron chi connectivity index (χ0n) is 17.5. The molecule has 0 saturated heterocycles. The van der Waals surface area contributed by atoms with E-state index in [4.69, 9.17) is 4.74 Å². The maximum absolute atomic E-state index is 12.7. The summed E-state index contributed by atoms with van der Waals surface area (Å²) >= 11 is 0. The van der Waals surface area contributed by atoms with Crippen LogP contribution < -0.4 is 10.1 Å². The van der Waals surface area contributed by atoms with Gasteiger partial charge in [0.15, 0.2) is 0 Å². The maximum Gasteiger partial charge on any atom is 0.407 e. The number of halogens is 2. The highest BCUT2D eigenvalue weighted by molar-refractivity contribution is 5.98. The number of carboxylic acid groups (broad SMARTS) is 1. The number of amides is 2. The molecule has 168 valence electrons. The number of nitrogens with one attached hydrogen (secondary N) is 1. The minimum absolute atomic E-state index is 0.117. The van der Waals surface area contributed by atoms with Crippen LogP contribution in [0.25, 0.3) is 0 Å². The molecule has 0 aliphatic carbocycles. The van der Waals surface area contributed by atoms with Crippen molar-refractivity contribution >= 4 is 18.0 Å². The average molecular weight is 430 g/mol. The molecule has 0 heterocycles. The first-order chi connectivity index (χ1) is 13.9. The van der Waals surface area contributed by atoms with Gasteiger partial charge in [0, 0.05) is 13.6 Å². The van der Waals surface area contributed by atoms with Gasteiger partial charge < -0.3 is 24.8 Å². The molecule has 0 aliphatic heterocycles. The van der Waals surface area contributed by atoms with Crippen molar-refractivity contribution in [3.05, 3.63) is 29.8 Å². The summed E-state index contributed by atoms with van der Waals surface area (Å²) in [6.45, 7) is 2.38. The highest BCUT2D eigenvalue weighted by Crippen LogP contribution is 2.23. The molecule has 1 aromatic rings. The van der Waals surface area contributed by atoms with E-state index in [1.54, 1.807) is 20.8 Å². The molecule has 10 heteroatoms. The van der Waals surface area contributed by atoms with Gasteiger partial charge in [-0.2, -0.15) is 8.78 Å². The van der Waals surface area contributed by atoms with Crippen molar-refractivity contribution in [3.8, 4) is 5.75 Å². The summed E-state index contributed by atoms with van der Waals surface area (Å²) < 4.78 is 34.6. The molecular formula is C20H28F2N2O6. The zero-order valence-corrected chi connectivity index (χ0v) is 17.5. The van der Waals surface area contributed by atoms with Gasteiger partial charge in [-0.05, 0) is 52.2 Å². The van der Waals surface area contributed by atoms with Crippen LogP contribution in [-0.2, 0) is 9.53 Å². The molecule has 0 bridgehead atoms. The molecule has 1 rings (SSSR count). The van der Waals surface area contributed by atoms with Crippen molar-refractivity contribution in [2.24, 2.45) is 0 Å². The van der Waals surface area contributed by atoms with Crippen molar-refractivity contribution in [1.82, 2.24) is 10.2 Å². The second-order valence-corrected chi connectivity index (χ2v) is 7.57. The minimum atomic E-state index is -3.11. The van der Waals surface area contributed by atoms with E-state index in [0.29, 0.717) is 12.8 Å². The van der Waals surface area contributed by atoms with Crippen molar-refractivity contribution in [2.75, 3.05) is 13.6 Å². The normalized spacial score (nSPS) is 12.2. The Bertz CT molecular complexity index is 736. The van der Waals surface area contributed by atoms with Gasteiger partial charge in [0.1, 0.15) is 17.4 Å². The van der Waals surface area contributed by atoms with Crippen molar-refractivity contribution in [3.63, 3.8) is 0 Å². The summed E-state index contributed by atoms with van der Waals surface area (Å²) in [5.74, 6) is -2.29. The Morgan fingerprint density at radius 1 is 1.17 bits per heavy atom. The Kier molecular flexibility index (Phi) is 9.48. The van der Waals surface area contributed by atoms with Gasteiger partial charge in [0.2, 0.25) is 0 Å². The number of carbonyl (C=O) groups is 3. The number of benzene rings is 1. The summed E-state index contributed by atoms with van der Waals surface area (Å²) in [4.78, 5) is 36.9. The fourth-order valence-electron chi connectivity index (χ4n) is 2.62. The van der Waals surface area contributed by atoms with Crippen LogP contribution in [0.4, 0.5) is 13.6 Å². The number of aliphatic carboxylic acids is 1. The fourth-order valence-corrected chi connectivity index (χ4v) is 2.62. The van der Waals surface area contributed by atoms with Crippen LogP contribution >= 0.6 is 0 Å². The Hall–Kier alpha value is -2.91. The third-order valence-electron chi connectivity index (χ3n) is 3.98. The van der Waals surface area contributed by atoms with E-state index in [-0.39, 0.29) is 24.3 Å². The van der Waals surface area contributed by atoms with Crippen LogP contribution in [0.1, 0.15) is 50.4 Å². The van der Waals surface area contributed by atoms with Crippen LogP contribution in [-0.4, -0.2) is 59.8 Å². The van der Waals surface area contributed by atoms with E-state index < -0.39 is 36.2 Å². The topological polar surface area (TPSA) is 105 Å². The molecule has 0 aromatic heterocycles. The summed E-state index contributed by atoms with van der Waals surface area (Å²) in [5.41, 5.74) is -0.774. The quantitative estimate of drug-likeness (QED) is 0.551. The maximum atomic E-state index is 12.7. The number of likely N-dealkylation sites (N-methyl/N-ethyl adjacent to an activating group) is 1. The Morgan fingerprint density at radius 2 is 1.80 bits per heavy atom. The lowest BCUT2D eigenvalue weighted by Crippen LogP contribution is -2.42. The largest absolute Gasteiger partial charge is 0.480 e. The van der Waals surface area contributed by atoms with E-state index in [0.717, 1.165) is 4.90 Å². The van der Waals surface area contributed by atoms with E-state index in [9.17, 15) is 28.3 Å². The number of alkyl halides is 2. The summed E-state index contributed by atoms with van der Waals surface area (Å²) in [6, 6.07) is 4.24. The third-order valence-corrected chi connectivity index (χ3v) is 3.98. The van der Waals surface area contributed by atoms with Crippen LogP contribution in [0.5, 0.6) is 5.75 Å². The number of carbonyl (C=O) groups excluding carboxylic acids is 2. The molecule has 30 heavy (non-hydrogen) atoms. The average Bonchev–Trinajstić information content (AvgIpc) is 2.61. The van der Waals surface area contributed by atoms with Crippen LogP contribution in [0.15, 0.2) is 24.3 Å². The van der Waals surface area contributed by atoms with E-state index >= 15 is 0 Å². The van der Waals surface area contributed by atoms with E-state index in [1.165, 1.54) is 31.3 Å². The zero-order chi connectivity index (χ0) is 22.9. The number of nitrogens with zero attached hydrogens (tertiary/aromatic N) is 1. The molecule has 0 radical (unpaired) electrons. The van der Waals surface area contributed by atoms with Crippen LogP contribution in [0, 0.1) is 0 Å². The van der Waals surface area contributed by atoms with Gasteiger partial charge in [-0.3, -0.25) is 4.79 Å². The Labute approximate surface area is 174 Å². The summed E-state index contributed by atoms with van der Waals surface area (Å²) in [6.07, 6.45) is 0.418. The van der Waals surface area contributed by atoms with Gasteiger partial charge in [0.05, 0.1) is 5.56 Å². The number of para-hydroxylation sites is 1. The Morgan fingerprint density at radius 3 is 2.37 bits per heavy atom. The highest BCUT2D eigenvalue weighted by Gasteiger charge is 2.28. The lowest BCUT2D eigenvalue weighted by molar-refractivity contribution is -0.142. The number of hydrogen-bond donors (Lipinski definition) is 2. The molecule has 0 aliphatic rings. The lowest BCUT2D eigenvalue weighted by atomic mass is 10.1. The molecule has 2 N–H and O–H groups in total. The SMILES string of the molecule is CN(C(=O)c1ccccc1OC(F)F)[C@@H](CCCCNC(=O)OC(C)(C)C)C(=O)O. The molecule has 2 amide bonds. The second kappa shape index (κ2) is 11.3. The number of hydrogen-bond acceptors (Lipinski definition) is 5. The van der Waals surface area contributed by atoms with Gasteiger partial charge in [-0.15, -0.1) is 0 Å². The first-order valence-electron chi connectivity index (χ1n) is 9.43. The molecule has 1 atom stereocenters. The Balaban J connectivity index is 2.65. The monoisotopic (exact) mass is 430 g/mol. The summed E-state index contributed by atoms with van der Waals surface area (Å²) in [5, 5.41) is 12.1. The number of ether oxygens (including phenoxy) is 2. The molecule has 0 unspecified atom stereocenters. The number of rotatable bonds is 10. The molecule has 0 spiro atoms. The van der Waals surface area contributed by atoms with Gasteiger partial charge in [-0.25, -0.2) is 9.59 Å². The molecule has 1 aromatic carbocycles. The number of carboxylic acids is 1. The first kappa shape index (κ1) is 25.1. The molecule has 8 nitrogen and oxygen atoms in total. The molecule has 0 saturated carbocycles. The number of alkyl carbamates (subject to hydrolysis) is 1. The lowest BCUT2D eigenvalue weighted by Gasteiger charge is -2.25. The van der Waals surface area contributed by atoms with Crippen LogP contribution in [0.2, 0.25) is 0 Å². The second-order valence-electron chi connectivity index (χ2n) is 7.57. The predicted molar refractivity (Wildman–Crippen MR) is 105 cm³/mol. The highest BCUT2D eigenvalue weighted by atomic mass is 19.3. The van der Waals surface area contributed by atoms with Gasteiger partial charge >= 0.3 is 18.7 Å². The first-order valence-corrected chi connectivity index (χ1v) is 9.43. The fraction of sp³-hybridized carbons (Fsp3) is 0.550. The van der Waals surface area contributed by atoms with Crippen molar-refractivity contribution in [2.45, 2.75) is 58.3 Å². The number of unbranched alkanes of at least 4 members (excludes halogenated alkanes) is 1. The third kappa shape index (κ3) is 8.62. The van der Waals surface area contributed by atoms with E-state index in [1.807, 2.05) is 0 Å². The minimum Gasteiger partial charge on any atom is -0.480 e. The smallest absolute Gasteiger partial charge is 0.407 e. The van der Waals surface area contributed by atoms with Crippen molar-refractivity contribution < 1.29 is 37.7 Å². The van der Waals surface area contributed by atoms with E-state index in [2.05, 4.69) is 10.1 Å². The predicted octanol–water partition coefficient (Wildman–Crippen LogP) is 3.51. The standard InChI is InChI=1S/C20H28F2N2O6/c1-20(2,3)30-19(28)23-12-8-7-10-14(17(26)27)24(4)16(25)13-9-5-6-11-15(13)29-18(21)22/h5-6,9,11,14,18H,7-8,10,12H2,1-4H3,(H,23,28)(H,26,27)/t14-/m0/s1. The molecular weight excluding hydrogens is 402 g/mol. The summed E-state index contributed by atoms with van der Waals surface area (Å²) in [7, 11) is 1.29. The van der Waals surface area contributed by atoms with Gasteiger partial charge in [-0.1, -0.05) is 12.1 Å². The van der Waals surface area contributed by atoms with Gasteiger partial charge in [0.25, 0.3) is 5.91 Å².